The van der Waals surface area contributed by atoms with Gasteiger partial charge < -0.3 is 4.42 Å². The summed E-state index contributed by atoms with van der Waals surface area (Å²) >= 11 is 6.04. The summed E-state index contributed by atoms with van der Waals surface area (Å²) in [6, 6.07) is 15.6. The zero-order valence-electron chi connectivity index (χ0n) is 14.3. The highest BCUT2D eigenvalue weighted by Gasteiger charge is 2.09. The van der Waals surface area contributed by atoms with Crippen LogP contribution in [0.3, 0.4) is 0 Å². The van der Waals surface area contributed by atoms with Gasteiger partial charge in [-0.3, -0.25) is 10.1 Å². The average Bonchev–Trinajstić information content (AvgIpc) is 3.08. The van der Waals surface area contributed by atoms with Gasteiger partial charge in [-0.15, -0.1) is 5.10 Å². The molecule has 1 heterocycles. The van der Waals surface area contributed by atoms with Crippen molar-refractivity contribution in [3.8, 4) is 0 Å². The van der Waals surface area contributed by atoms with Gasteiger partial charge in [0.1, 0.15) is 0 Å². The van der Waals surface area contributed by atoms with Gasteiger partial charge in [0.2, 0.25) is 5.89 Å². The van der Waals surface area contributed by atoms with E-state index in [-0.39, 0.29) is 11.9 Å². The number of benzene rings is 2. The maximum Gasteiger partial charge on any atom is 0.322 e. The number of halogens is 1. The highest BCUT2D eigenvalue weighted by molar-refractivity contribution is 6.32. The Bertz CT molecular complexity index is 917. The molecular weight excluding hydrogens is 350 g/mol. The maximum absolute atomic E-state index is 12.0. The number of rotatable bonds is 6. The first-order valence-corrected chi connectivity index (χ1v) is 8.65. The van der Waals surface area contributed by atoms with Crippen LogP contribution in [0.4, 0.5) is 6.01 Å². The van der Waals surface area contributed by atoms with E-state index in [1.54, 1.807) is 12.1 Å². The number of nitrogens with one attached hydrogen (secondary N) is 1. The molecule has 0 radical (unpaired) electrons. The van der Waals surface area contributed by atoms with E-state index in [0.717, 1.165) is 17.5 Å². The molecule has 5 nitrogen and oxygen atoms in total. The van der Waals surface area contributed by atoms with E-state index < -0.39 is 0 Å². The van der Waals surface area contributed by atoms with E-state index >= 15 is 0 Å². The van der Waals surface area contributed by atoms with E-state index in [9.17, 15) is 4.79 Å². The lowest BCUT2D eigenvalue weighted by molar-refractivity contribution is -0.112. The van der Waals surface area contributed by atoms with Gasteiger partial charge in [-0.25, -0.2) is 0 Å². The third kappa shape index (κ3) is 4.80. The number of aryl methyl sites for hydroxylation is 1. The summed E-state index contributed by atoms with van der Waals surface area (Å²) in [6.07, 6.45) is 4.51. The number of amides is 1. The fourth-order valence-corrected chi connectivity index (χ4v) is 2.56. The molecule has 1 N–H and O–H groups in total. The highest BCUT2D eigenvalue weighted by atomic mass is 35.5. The molecule has 0 fully saturated rings. The maximum atomic E-state index is 12.0. The Hall–Kier alpha value is -2.92. The van der Waals surface area contributed by atoms with Gasteiger partial charge in [-0.05, 0) is 35.3 Å². The Balaban J connectivity index is 1.59. The van der Waals surface area contributed by atoms with Crippen molar-refractivity contribution < 1.29 is 9.21 Å². The van der Waals surface area contributed by atoms with Crippen LogP contribution in [0.5, 0.6) is 0 Å². The second kappa shape index (κ2) is 8.45. The number of carbonyl (C=O) groups is 1. The molecule has 0 aliphatic rings. The standard InChI is InChI=1S/C20H18ClN3O2/c1-2-14-7-9-15(10-8-14)13-19-23-24-20(26-19)22-18(25)12-11-16-5-3-4-6-17(16)21/h3-12H,2,13H2,1H3,(H,22,24,25). The van der Waals surface area contributed by atoms with Crippen molar-refractivity contribution >= 4 is 29.6 Å². The average molecular weight is 368 g/mol. The van der Waals surface area contributed by atoms with Crippen molar-refractivity contribution in [1.82, 2.24) is 10.2 Å². The molecule has 132 valence electrons. The Morgan fingerprint density at radius 2 is 1.85 bits per heavy atom. The molecule has 0 saturated heterocycles. The van der Waals surface area contributed by atoms with Crippen molar-refractivity contribution in [2.24, 2.45) is 0 Å². The van der Waals surface area contributed by atoms with Gasteiger partial charge >= 0.3 is 6.01 Å². The summed E-state index contributed by atoms with van der Waals surface area (Å²) in [5, 5.41) is 10.9. The van der Waals surface area contributed by atoms with Crippen LogP contribution in [0.2, 0.25) is 5.02 Å². The minimum absolute atomic E-state index is 0.0685. The van der Waals surface area contributed by atoms with Crippen LogP contribution >= 0.6 is 11.6 Å². The summed E-state index contributed by atoms with van der Waals surface area (Å²) < 4.78 is 5.48. The predicted octanol–water partition coefficient (Wildman–Crippen LogP) is 4.53. The van der Waals surface area contributed by atoms with Gasteiger partial charge in [0.05, 0.1) is 6.42 Å². The molecule has 3 rings (SSSR count). The Labute approximate surface area is 156 Å². The lowest BCUT2D eigenvalue weighted by atomic mass is 10.1. The van der Waals surface area contributed by atoms with Crippen molar-refractivity contribution in [3.05, 3.63) is 82.2 Å². The molecule has 0 aliphatic carbocycles. The van der Waals surface area contributed by atoms with Gasteiger partial charge in [-0.1, -0.05) is 66.1 Å². The molecule has 1 aromatic heterocycles. The first-order valence-electron chi connectivity index (χ1n) is 8.28. The smallest absolute Gasteiger partial charge is 0.322 e. The number of anilines is 1. The molecule has 1 amide bonds. The van der Waals surface area contributed by atoms with E-state index in [4.69, 9.17) is 16.0 Å². The number of nitrogens with zero attached hydrogens (tertiary/aromatic N) is 2. The SMILES string of the molecule is CCc1ccc(Cc2nnc(NC(=O)C=Cc3ccccc3Cl)o2)cc1. The molecule has 26 heavy (non-hydrogen) atoms. The second-order valence-corrected chi connectivity index (χ2v) is 6.10. The monoisotopic (exact) mass is 367 g/mol. The summed E-state index contributed by atoms with van der Waals surface area (Å²) in [6.45, 7) is 2.11. The summed E-state index contributed by atoms with van der Waals surface area (Å²) in [5.41, 5.74) is 3.10. The zero-order chi connectivity index (χ0) is 18.4. The molecule has 0 aliphatic heterocycles. The summed E-state index contributed by atoms with van der Waals surface area (Å²) in [5.74, 6) is 0.0760. The Morgan fingerprint density at radius 1 is 1.12 bits per heavy atom. The van der Waals surface area contributed by atoms with Crippen LogP contribution in [0.25, 0.3) is 6.08 Å². The molecule has 0 saturated carbocycles. The van der Waals surface area contributed by atoms with Crippen molar-refractivity contribution in [2.75, 3.05) is 5.32 Å². The van der Waals surface area contributed by atoms with E-state index in [1.807, 2.05) is 30.3 Å². The van der Waals surface area contributed by atoms with Gasteiger partial charge in [0.15, 0.2) is 0 Å². The van der Waals surface area contributed by atoms with Crippen molar-refractivity contribution in [3.63, 3.8) is 0 Å². The molecule has 0 unspecified atom stereocenters. The third-order valence-electron chi connectivity index (χ3n) is 3.80. The van der Waals surface area contributed by atoms with Crippen LogP contribution in [-0.2, 0) is 17.6 Å². The second-order valence-electron chi connectivity index (χ2n) is 5.69. The molecule has 0 bridgehead atoms. The summed E-state index contributed by atoms with van der Waals surface area (Å²) in [4.78, 5) is 12.0. The molecular formula is C20H18ClN3O2. The van der Waals surface area contributed by atoms with Gasteiger partial charge in [0.25, 0.3) is 5.91 Å². The zero-order valence-corrected chi connectivity index (χ0v) is 15.0. The molecule has 2 aromatic carbocycles. The van der Waals surface area contributed by atoms with Crippen molar-refractivity contribution in [1.29, 1.82) is 0 Å². The quantitative estimate of drug-likeness (QED) is 0.650. The third-order valence-corrected chi connectivity index (χ3v) is 4.15. The van der Waals surface area contributed by atoms with Crippen LogP contribution in [0.15, 0.2) is 59.0 Å². The lowest BCUT2D eigenvalue weighted by Gasteiger charge is -1.99. The van der Waals surface area contributed by atoms with Crippen LogP contribution in [-0.4, -0.2) is 16.1 Å². The van der Waals surface area contributed by atoms with Crippen LogP contribution in [0.1, 0.15) is 29.5 Å². The fraction of sp³-hybridized carbons (Fsp3) is 0.150. The lowest BCUT2D eigenvalue weighted by Crippen LogP contribution is -2.07. The van der Waals surface area contributed by atoms with E-state index in [1.165, 1.54) is 11.6 Å². The number of aromatic nitrogens is 2. The Kier molecular flexibility index (Phi) is 5.81. The molecule has 0 atom stereocenters. The molecule has 6 heteroatoms. The largest absolute Gasteiger partial charge is 0.407 e. The van der Waals surface area contributed by atoms with Gasteiger partial charge in [0, 0.05) is 11.1 Å². The minimum atomic E-state index is -0.368. The number of hydrogen-bond donors (Lipinski definition) is 1. The summed E-state index contributed by atoms with van der Waals surface area (Å²) in [7, 11) is 0. The van der Waals surface area contributed by atoms with Crippen LogP contribution in [0, 0.1) is 0 Å². The normalized spacial score (nSPS) is 11.0. The molecule has 3 aromatic rings. The van der Waals surface area contributed by atoms with E-state index in [2.05, 4.69) is 34.6 Å². The molecule has 0 spiro atoms. The first-order chi connectivity index (χ1) is 12.6. The van der Waals surface area contributed by atoms with E-state index in [0.29, 0.717) is 17.3 Å². The predicted molar refractivity (Wildman–Crippen MR) is 102 cm³/mol. The minimum Gasteiger partial charge on any atom is -0.407 e. The Morgan fingerprint density at radius 3 is 2.58 bits per heavy atom. The number of hydrogen-bond acceptors (Lipinski definition) is 4. The fourth-order valence-electron chi connectivity index (χ4n) is 2.37. The number of carbonyl (C=O) groups excluding carboxylic acids is 1. The highest BCUT2D eigenvalue weighted by Crippen LogP contribution is 2.16. The van der Waals surface area contributed by atoms with Crippen LogP contribution < -0.4 is 5.32 Å². The first kappa shape index (κ1) is 17.9. The topological polar surface area (TPSA) is 68.0 Å². The van der Waals surface area contributed by atoms with Crippen molar-refractivity contribution in [2.45, 2.75) is 19.8 Å². The van der Waals surface area contributed by atoms with Gasteiger partial charge in [-0.2, -0.15) is 0 Å².